The first-order chi connectivity index (χ1) is 9.63. The van der Waals surface area contributed by atoms with Crippen LogP contribution in [0, 0.1) is 5.95 Å². The van der Waals surface area contributed by atoms with Crippen LogP contribution in [0.4, 0.5) is 10.1 Å². The molecular weight excluding hydrogens is 263 g/mol. The average Bonchev–Trinajstić information content (AvgIpc) is 2.48. The Labute approximate surface area is 115 Å². The standard InChI is InChI=1S/C14H13FN2O3/c1-19-10-4-5-12(20-2)11(7-10)14(18)17-9-3-6-13(15)16-8-9/h3-8H,1-2H3,(H,17,18). The number of amides is 1. The highest BCUT2D eigenvalue weighted by atomic mass is 19.1. The van der Waals surface area contributed by atoms with E-state index in [9.17, 15) is 9.18 Å². The Morgan fingerprint density at radius 1 is 1.20 bits per heavy atom. The minimum absolute atomic E-state index is 0.316. The smallest absolute Gasteiger partial charge is 0.259 e. The maximum atomic E-state index is 12.7. The van der Waals surface area contributed by atoms with E-state index < -0.39 is 11.9 Å². The molecule has 0 atom stereocenters. The Balaban J connectivity index is 2.25. The minimum Gasteiger partial charge on any atom is -0.497 e. The number of anilines is 1. The average molecular weight is 276 g/mol. The molecule has 2 aromatic rings. The highest BCUT2D eigenvalue weighted by molar-refractivity contribution is 6.06. The molecule has 0 fully saturated rings. The molecule has 0 spiro atoms. The van der Waals surface area contributed by atoms with Gasteiger partial charge >= 0.3 is 0 Å². The van der Waals surface area contributed by atoms with Crippen molar-refractivity contribution in [3.8, 4) is 11.5 Å². The fourth-order valence-corrected chi connectivity index (χ4v) is 1.64. The first kappa shape index (κ1) is 13.8. The number of methoxy groups -OCH3 is 2. The van der Waals surface area contributed by atoms with Gasteiger partial charge in [-0.1, -0.05) is 0 Å². The normalized spacial score (nSPS) is 9.95. The molecule has 20 heavy (non-hydrogen) atoms. The number of carbonyl (C=O) groups is 1. The SMILES string of the molecule is COc1ccc(OC)c(C(=O)Nc2ccc(F)nc2)c1. The largest absolute Gasteiger partial charge is 0.497 e. The Hall–Kier alpha value is -2.63. The number of pyridine rings is 1. The molecule has 1 heterocycles. The molecular formula is C14H13FN2O3. The summed E-state index contributed by atoms with van der Waals surface area (Å²) in [7, 11) is 2.98. The van der Waals surface area contributed by atoms with Crippen LogP contribution < -0.4 is 14.8 Å². The van der Waals surface area contributed by atoms with Gasteiger partial charge in [0.2, 0.25) is 5.95 Å². The van der Waals surface area contributed by atoms with E-state index >= 15 is 0 Å². The Bertz CT molecular complexity index is 614. The minimum atomic E-state index is -0.609. The molecule has 1 aromatic carbocycles. The zero-order valence-corrected chi connectivity index (χ0v) is 11.0. The second kappa shape index (κ2) is 6.01. The number of halogens is 1. The zero-order valence-electron chi connectivity index (χ0n) is 11.0. The molecule has 0 aliphatic rings. The molecule has 104 valence electrons. The topological polar surface area (TPSA) is 60.5 Å². The van der Waals surface area contributed by atoms with E-state index in [1.807, 2.05) is 0 Å². The molecule has 0 aliphatic heterocycles. The number of ether oxygens (including phenoxy) is 2. The van der Waals surface area contributed by atoms with Gasteiger partial charge in [0, 0.05) is 0 Å². The van der Waals surface area contributed by atoms with Crippen molar-refractivity contribution < 1.29 is 18.7 Å². The predicted octanol–water partition coefficient (Wildman–Crippen LogP) is 2.49. The first-order valence-corrected chi connectivity index (χ1v) is 5.79. The van der Waals surface area contributed by atoms with Crippen molar-refractivity contribution in [2.75, 3.05) is 19.5 Å². The van der Waals surface area contributed by atoms with E-state index in [0.717, 1.165) is 0 Å². The molecule has 0 aliphatic carbocycles. The van der Waals surface area contributed by atoms with E-state index in [1.165, 1.54) is 32.5 Å². The number of nitrogens with zero attached hydrogens (tertiary/aromatic N) is 1. The van der Waals surface area contributed by atoms with Crippen LogP contribution in [0.25, 0.3) is 0 Å². The summed E-state index contributed by atoms with van der Waals surface area (Å²) in [5.74, 6) is -0.0531. The molecule has 5 nitrogen and oxygen atoms in total. The van der Waals surface area contributed by atoms with Gasteiger partial charge in [-0.25, -0.2) is 4.98 Å². The summed E-state index contributed by atoms with van der Waals surface area (Å²) in [6, 6.07) is 7.47. The lowest BCUT2D eigenvalue weighted by molar-refractivity contribution is 0.102. The summed E-state index contributed by atoms with van der Waals surface area (Å²) in [5, 5.41) is 2.61. The van der Waals surface area contributed by atoms with Gasteiger partial charge < -0.3 is 14.8 Å². The van der Waals surface area contributed by atoms with Crippen LogP contribution in [-0.2, 0) is 0 Å². The van der Waals surface area contributed by atoms with E-state index in [0.29, 0.717) is 22.7 Å². The second-order valence-corrected chi connectivity index (χ2v) is 3.89. The summed E-state index contributed by atoms with van der Waals surface area (Å²) >= 11 is 0. The van der Waals surface area contributed by atoms with Crippen LogP contribution in [0.1, 0.15) is 10.4 Å². The number of carbonyl (C=O) groups excluding carboxylic acids is 1. The van der Waals surface area contributed by atoms with Crippen molar-refractivity contribution in [2.45, 2.75) is 0 Å². The number of nitrogens with one attached hydrogen (secondary N) is 1. The number of benzene rings is 1. The van der Waals surface area contributed by atoms with Gasteiger partial charge in [-0.3, -0.25) is 4.79 Å². The quantitative estimate of drug-likeness (QED) is 0.871. The number of hydrogen-bond acceptors (Lipinski definition) is 4. The molecule has 0 saturated heterocycles. The maximum absolute atomic E-state index is 12.7. The lowest BCUT2D eigenvalue weighted by Crippen LogP contribution is -2.13. The van der Waals surface area contributed by atoms with Crippen molar-refractivity contribution in [1.82, 2.24) is 4.98 Å². The van der Waals surface area contributed by atoms with Crippen molar-refractivity contribution in [2.24, 2.45) is 0 Å². The van der Waals surface area contributed by atoms with E-state index in [1.54, 1.807) is 18.2 Å². The molecule has 1 amide bonds. The lowest BCUT2D eigenvalue weighted by atomic mass is 10.1. The van der Waals surface area contributed by atoms with E-state index in [2.05, 4.69) is 10.3 Å². The summed E-state index contributed by atoms with van der Waals surface area (Å²) in [6.45, 7) is 0. The van der Waals surface area contributed by atoms with Gasteiger partial charge in [-0.2, -0.15) is 4.39 Å². The van der Waals surface area contributed by atoms with Crippen LogP contribution in [-0.4, -0.2) is 25.1 Å². The fraction of sp³-hybridized carbons (Fsp3) is 0.143. The van der Waals surface area contributed by atoms with Crippen LogP contribution in [0.5, 0.6) is 11.5 Å². The summed E-state index contributed by atoms with van der Waals surface area (Å²) in [4.78, 5) is 15.6. The van der Waals surface area contributed by atoms with Crippen molar-refractivity contribution in [1.29, 1.82) is 0 Å². The van der Waals surface area contributed by atoms with Gasteiger partial charge in [0.05, 0.1) is 31.7 Å². The van der Waals surface area contributed by atoms with Gasteiger partial charge in [0.1, 0.15) is 11.5 Å². The van der Waals surface area contributed by atoms with Crippen molar-refractivity contribution >= 4 is 11.6 Å². The maximum Gasteiger partial charge on any atom is 0.259 e. The van der Waals surface area contributed by atoms with Gasteiger partial charge in [0.25, 0.3) is 5.91 Å². The number of aromatic nitrogens is 1. The Kier molecular flexibility index (Phi) is 4.14. The molecule has 1 N–H and O–H groups in total. The summed E-state index contributed by atoms with van der Waals surface area (Å²) in [6.07, 6.45) is 1.24. The summed E-state index contributed by atoms with van der Waals surface area (Å²) in [5.41, 5.74) is 0.706. The van der Waals surface area contributed by atoms with Crippen molar-refractivity contribution in [3.63, 3.8) is 0 Å². The number of hydrogen-bond donors (Lipinski definition) is 1. The molecule has 6 heteroatoms. The monoisotopic (exact) mass is 276 g/mol. The van der Waals surface area contributed by atoms with Crippen molar-refractivity contribution in [3.05, 3.63) is 48.0 Å². The third-order valence-electron chi connectivity index (χ3n) is 2.64. The van der Waals surface area contributed by atoms with E-state index in [-0.39, 0.29) is 0 Å². The highest BCUT2D eigenvalue weighted by Gasteiger charge is 2.14. The summed E-state index contributed by atoms with van der Waals surface area (Å²) < 4.78 is 22.9. The van der Waals surface area contributed by atoms with Crippen LogP contribution in [0.3, 0.4) is 0 Å². The molecule has 0 saturated carbocycles. The molecule has 0 unspecified atom stereocenters. The predicted molar refractivity (Wildman–Crippen MR) is 71.7 cm³/mol. The van der Waals surface area contributed by atoms with Gasteiger partial charge in [0.15, 0.2) is 0 Å². The zero-order chi connectivity index (χ0) is 14.5. The third-order valence-corrected chi connectivity index (χ3v) is 2.64. The lowest BCUT2D eigenvalue weighted by Gasteiger charge is -2.10. The Morgan fingerprint density at radius 2 is 2.00 bits per heavy atom. The van der Waals surface area contributed by atoms with Crippen LogP contribution >= 0.6 is 0 Å². The molecule has 2 rings (SSSR count). The second-order valence-electron chi connectivity index (χ2n) is 3.89. The van der Waals surface area contributed by atoms with Gasteiger partial charge in [-0.05, 0) is 30.3 Å². The fourth-order valence-electron chi connectivity index (χ4n) is 1.64. The van der Waals surface area contributed by atoms with E-state index in [4.69, 9.17) is 9.47 Å². The third kappa shape index (κ3) is 3.03. The first-order valence-electron chi connectivity index (χ1n) is 5.79. The van der Waals surface area contributed by atoms with Crippen LogP contribution in [0.2, 0.25) is 0 Å². The molecule has 1 aromatic heterocycles. The van der Waals surface area contributed by atoms with Crippen LogP contribution in [0.15, 0.2) is 36.5 Å². The molecule has 0 radical (unpaired) electrons. The Morgan fingerprint density at radius 3 is 2.60 bits per heavy atom. The highest BCUT2D eigenvalue weighted by Crippen LogP contribution is 2.24. The molecule has 0 bridgehead atoms. The number of rotatable bonds is 4. The van der Waals surface area contributed by atoms with Gasteiger partial charge in [-0.15, -0.1) is 0 Å².